The molecule has 0 aromatic heterocycles. The highest BCUT2D eigenvalue weighted by atomic mass is 32.2. The second-order valence-electron chi connectivity index (χ2n) is 6.19. The van der Waals surface area contributed by atoms with Crippen LogP contribution >= 0.6 is 0 Å². The van der Waals surface area contributed by atoms with Gasteiger partial charge in [-0.2, -0.15) is 0 Å². The zero-order valence-corrected chi connectivity index (χ0v) is 15.6. The van der Waals surface area contributed by atoms with Crippen molar-refractivity contribution < 1.29 is 17.9 Å². The lowest BCUT2D eigenvalue weighted by Gasteiger charge is -2.26. The normalized spacial score (nSPS) is 16.6. The topological polar surface area (TPSA) is 84.5 Å². The molecule has 1 amide bonds. The van der Waals surface area contributed by atoms with Crippen molar-refractivity contribution in [2.45, 2.75) is 30.2 Å². The van der Waals surface area contributed by atoms with Gasteiger partial charge in [0.1, 0.15) is 10.6 Å². The Morgan fingerprint density at radius 1 is 1.19 bits per heavy atom. The first-order chi connectivity index (χ1) is 12.5. The Hall–Kier alpha value is -2.38. The standard InChI is InChI=1S/C19H22N2O4S/c1-20-26(23,24)18-12-14(10-11-17(18)25-2)19(22)21-16-9-5-7-13-6-3-4-8-15(13)16/h3-4,6,8,10-12,16,20H,5,7,9H2,1-2H3,(H,21,22)/t16-/m0/s1. The summed E-state index contributed by atoms with van der Waals surface area (Å²) in [6, 6.07) is 12.4. The largest absolute Gasteiger partial charge is 0.495 e. The predicted octanol–water partition coefficient (Wildman–Crippen LogP) is 2.41. The Balaban J connectivity index is 1.89. The summed E-state index contributed by atoms with van der Waals surface area (Å²) in [5.41, 5.74) is 2.66. The fourth-order valence-electron chi connectivity index (χ4n) is 3.28. The predicted molar refractivity (Wildman–Crippen MR) is 98.8 cm³/mol. The highest BCUT2D eigenvalue weighted by molar-refractivity contribution is 7.89. The van der Waals surface area contributed by atoms with Crippen LogP contribution in [0.3, 0.4) is 0 Å². The number of nitrogens with one attached hydrogen (secondary N) is 2. The minimum atomic E-state index is -3.73. The van der Waals surface area contributed by atoms with Crippen LogP contribution in [0.15, 0.2) is 47.4 Å². The molecule has 0 fully saturated rings. The number of aryl methyl sites for hydroxylation is 1. The van der Waals surface area contributed by atoms with Crippen LogP contribution in [0.5, 0.6) is 5.75 Å². The van der Waals surface area contributed by atoms with Crippen LogP contribution in [-0.4, -0.2) is 28.5 Å². The van der Waals surface area contributed by atoms with Crippen molar-refractivity contribution >= 4 is 15.9 Å². The van der Waals surface area contributed by atoms with Crippen LogP contribution < -0.4 is 14.8 Å². The Morgan fingerprint density at radius 3 is 2.69 bits per heavy atom. The lowest BCUT2D eigenvalue weighted by Crippen LogP contribution is -2.31. The fraction of sp³-hybridized carbons (Fsp3) is 0.316. The third-order valence-electron chi connectivity index (χ3n) is 4.66. The van der Waals surface area contributed by atoms with E-state index in [4.69, 9.17) is 4.74 Å². The summed E-state index contributed by atoms with van der Waals surface area (Å²) in [7, 11) is -1.02. The first-order valence-electron chi connectivity index (χ1n) is 8.46. The van der Waals surface area contributed by atoms with E-state index in [-0.39, 0.29) is 28.2 Å². The maximum atomic E-state index is 12.7. The van der Waals surface area contributed by atoms with Gasteiger partial charge in [0.25, 0.3) is 5.91 Å². The van der Waals surface area contributed by atoms with Crippen LogP contribution in [0.2, 0.25) is 0 Å². The van der Waals surface area contributed by atoms with Crippen molar-refractivity contribution in [3.05, 3.63) is 59.2 Å². The highest BCUT2D eigenvalue weighted by Crippen LogP contribution is 2.30. The number of ether oxygens (including phenoxy) is 1. The molecule has 138 valence electrons. The molecule has 1 aliphatic carbocycles. The van der Waals surface area contributed by atoms with Gasteiger partial charge in [-0.05, 0) is 55.6 Å². The fourth-order valence-corrected chi connectivity index (χ4v) is 4.20. The van der Waals surface area contributed by atoms with E-state index < -0.39 is 10.0 Å². The maximum absolute atomic E-state index is 12.7. The number of methoxy groups -OCH3 is 1. The number of hydrogen-bond donors (Lipinski definition) is 2. The summed E-state index contributed by atoms with van der Waals surface area (Å²) < 4.78 is 31.7. The van der Waals surface area contributed by atoms with E-state index >= 15 is 0 Å². The first-order valence-corrected chi connectivity index (χ1v) is 9.95. The molecule has 0 radical (unpaired) electrons. The van der Waals surface area contributed by atoms with E-state index in [1.54, 1.807) is 6.07 Å². The average Bonchev–Trinajstić information content (AvgIpc) is 2.67. The molecule has 1 aliphatic rings. The summed E-state index contributed by atoms with van der Waals surface area (Å²) >= 11 is 0. The molecule has 7 heteroatoms. The number of carbonyl (C=O) groups excluding carboxylic acids is 1. The summed E-state index contributed by atoms with van der Waals surface area (Å²) in [6.07, 6.45) is 2.88. The Morgan fingerprint density at radius 2 is 1.96 bits per heavy atom. The Bertz CT molecular complexity index is 925. The molecule has 3 rings (SSSR count). The molecule has 0 saturated heterocycles. The van der Waals surface area contributed by atoms with Gasteiger partial charge in [0, 0.05) is 5.56 Å². The average molecular weight is 374 g/mol. The van der Waals surface area contributed by atoms with E-state index in [0.29, 0.717) is 0 Å². The number of rotatable bonds is 5. The lowest BCUT2D eigenvalue weighted by molar-refractivity contribution is 0.0932. The number of fused-ring (bicyclic) bond motifs is 1. The lowest BCUT2D eigenvalue weighted by atomic mass is 9.87. The smallest absolute Gasteiger partial charge is 0.251 e. The molecule has 2 aromatic carbocycles. The summed E-state index contributed by atoms with van der Waals surface area (Å²) in [5.74, 6) is -0.110. The van der Waals surface area contributed by atoms with Crippen LogP contribution in [0, 0.1) is 0 Å². The second-order valence-corrected chi connectivity index (χ2v) is 8.05. The molecule has 0 bridgehead atoms. The molecule has 0 saturated carbocycles. The number of carbonyl (C=O) groups is 1. The third-order valence-corrected chi connectivity index (χ3v) is 6.09. The van der Waals surface area contributed by atoms with Crippen molar-refractivity contribution in [3.63, 3.8) is 0 Å². The van der Waals surface area contributed by atoms with Crippen LogP contribution in [0.4, 0.5) is 0 Å². The van der Waals surface area contributed by atoms with Crippen molar-refractivity contribution in [2.24, 2.45) is 0 Å². The summed E-state index contributed by atoms with van der Waals surface area (Å²) in [4.78, 5) is 12.7. The molecule has 0 spiro atoms. The van der Waals surface area contributed by atoms with Crippen molar-refractivity contribution in [3.8, 4) is 5.75 Å². The molecule has 26 heavy (non-hydrogen) atoms. The molecule has 0 unspecified atom stereocenters. The van der Waals surface area contributed by atoms with Crippen LogP contribution in [0.1, 0.15) is 40.4 Å². The van der Waals surface area contributed by atoms with Gasteiger partial charge in [-0.25, -0.2) is 13.1 Å². The number of hydrogen-bond acceptors (Lipinski definition) is 4. The monoisotopic (exact) mass is 374 g/mol. The van der Waals surface area contributed by atoms with Gasteiger partial charge >= 0.3 is 0 Å². The number of sulfonamides is 1. The van der Waals surface area contributed by atoms with Gasteiger partial charge in [0.2, 0.25) is 10.0 Å². The van der Waals surface area contributed by atoms with Gasteiger partial charge < -0.3 is 10.1 Å². The molecular weight excluding hydrogens is 352 g/mol. The molecule has 0 aliphatic heterocycles. The van der Waals surface area contributed by atoms with E-state index in [1.807, 2.05) is 18.2 Å². The third kappa shape index (κ3) is 3.59. The van der Waals surface area contributed by atoms with Crippen molar-refractivity contribution in [1.29, 1.82) is 0 Å². The Kier molecular flexibility index (Phi) is 5.29. The van der Waals surface area contributed by atoms with Crippen molar-refractivity contribution in [2.75, 3.05) is 14.2 Å². The van der Waals surface area contributed by atoms with E-state index in [2.05, 4.69) is 16.1 Å². The van der Waals surface area contributed by atoms with Gasteiger partial charge in [-0.15, -0.1) is 0 Å². The minimum absolute atomic E-state index is 0.0563. The van der Waals surface area contributed by atoms with Gasteiger partial charge in [-0.3, -0.25) is 4.79 Å². The van der Waals surface area contributed by atoms with Gasteiger partial charge in [0.05, 0.1) is 13.2 Å². The number of amides is 1. The van der Waals surface area contributed by atoms with Crippen LogP contribution in [-0.2, 0) is 16.4 Å². The molecule has 2 N–H and O–H groups in total. The SMILES string of the molecule is CNS(=O)(=O)c1cc(C(=O)N[C@H]2CCCc3ccccc32)ccc1OC. The van der Waals surface area contributed by atoms with Gasteiger partial charge in [0.15, 0.2) is 0 Å². The van der Waals surface area contributed by atoms with Crippen LogP contribution in [0.25, 0.3) is 0 Å². The number of benzene rings is 2. The quantitative estimate of drug-likeness (QED) is 0.842. The van der Waals surface area contributed by atoms with Crippen molar-refractivity contribution in [1.82, 2.24) is 10.0 Å². The molecule has 0 heterocycles. The zero-order valence-electron chi connectivity index (χ0n) is 14.8. The molecule has 1 atom stereocenters. The summed E-state index contributed by atoms with van der Waals surface area (Å²) in [5, 5.41) is 3.03. The van der Waals surface area contributed by atoms with E-state index in [0.717, 1.165) is 24.8 Å². The Labute approximate surface area is 153 Å². The first kappa shape index (κ1) is 18.4. The molecule has 6 nitrogen and oxygen atoms in total. The zero-order chi connectivity index (χ0) is 18.7. The highest BCUT2D eigenvalue weighted by Gasteiger charge is 2.24. The molecule has 2 aromatic rings. The van der Waals surface area contributed by atoms with Gasteiger partial charge in [-0.1, -0.05) is 24.3 Å². The second kappa shape index (κ2) is 7.47. The maximum Gasteiger partial charge on any atom is 0.251 e. The minimum Gasteiger partial charge on any atom is -0.495 e. The molecular formula is C19H22N2O4S. The van der Waals surface area contributed by atoms with E-state index in [9.17, 15) is 13.2 Å². The summed E-state index contributed by atoms with van der Waals surface area (Å²) in [6.45, 7) is 0. The van der Waals surface area contributed by atoms with E-state index in [1.165, 1.54) is 31.9 Å².